The van der Waals surface area contributed by atoms with Gasteiger partial charge in [0.05, 0.1) is 11.7 Å². The topological polar surface area (TPSA) is 73.9 Å². The largest absolute Gasteiger partial charge is 0.461 e. The second-order valence-electron chi connectivity index (χ2n) is 4.09. The van der Waals surface area contributed by atoms with Crippen LogP contribution in [-0.2, 0) is 0 Å². The molecule has 0 aliphatic heterocycles. The lowest BCUT2D eigenvalue weighted by atomic mass is 10.2. The molecule has 1 aromatic carbocycles. The fourth-order valence-corrected chi connectivity index (χ4v) is 1.59. The minimum absolute atomic E-state index is 0.0324. The van der Waals surface area contributed by atoms with Crippen molar-refractivity contribution in [2.24, 2.45) is 0 Å². The summed E-state index contributed by atoms with van der Waals surface area (Å²) in [5.74, 6) is -0.457. The van der Waals surface area contributed by atoms with E-state index in [1.54, 1.807) is 6.07 Å². The molecule has 7 heteroatoms. The smallest absolute Gasteiger partial charge is 0.322 e. The number of benzene rings is 1. The Kier molecular flexibility index (Phi) is 3.80. The van der Waals surface area contributed by atoms with Crippen LogP contribution < -0.4 is 10.5 Å². The van der Waals surface area contributed by atoms with E-state index in [1.165, 1.54) is 12.1 Å². The molecule has 2 aromatic rings. The van der Waals surface area contributed by atoms with Gasteiger partial charge < -0.3 is 10.5 Å². The first-order chi connectivity index (χ1) is 8.95. The van der Waals surface area contributed by atoms with Gasteiger partial charge in [-0.3, -0.25) is 0 Å². The van der Waals surface area contributed by atoms with Crippen molar-refractivity contribution < 1.29 is 9.13 Å². The maximum atomic E-state index is 13.8. The summed E-state index contributed by atoms with van der Waals surface area (Å²) in [5.41, 5.74) is 5.75. The lowest BCUT2D eigenvalue weighted by molar-refractivity contribution is 0.222. The highest BCUT2D eigenvalue weighted by Gasteiger charge is 2.13. The molecule has 0 radical (unpaired) electrons. The van der Waals surface area contributed by atoms with Gasteiger partial charge in [0.2, 0.25) is 5.95 Å². The third-order valence-corrected chi connectivity index (χ3v) is 2.38. The number of halogens is 2. The number of hydrogen-bond donors (Lipinski definition) is 1. The van der Waals surface area contributed by atoms with E-state index in [-0.39, 0.29) is 29.5 Å². The van der Waals surface area contributed by atoms with Crippen LogP contribution in [0, 0.1) is 5.82 Å². The van der Waals surface area contributed by atoms with E-state index < -0.39 is 5.82 Å². The zero-order valence-electron chi connectivity index (χ0n) is 10.4. The minimum Gasteiger partial charge on any atom is -0.461 e. The van der Waals surface area contributed by atoms with Gasteiger partial charge in [-0.05, 0) is 32.0 Å². The van der Waals surface area contributed by atoms with Gasteiger partial charge in [-0.25, -0.2) is 4.39 Å². The third kappa shape index (κ3) is 3.29. The molecule has 0 bridgehead atoms. The van der Waals surface area contributed by atoms with E-state index in [0.717, 1.165) is 0 Å². The Morgan fingerprint density at radius 1 is 1.26 bits per heavy atom. The first kappa shape index (κ1) is 13.5. The molecule has 0 aliphatic rings. The number of hydrogen-bond acceptors (Lipinski definition) is 5. The summed E-state index contributed by atoms with van der Waals surface area (Å²) in [5, 5.41) is 0.293. The first-order valence-electron chi connectivity index (χ1n) is 5.59. The number of anilines is 1. The summed E-state index contributed by atoms with van der Waals surface area (Å²) in [4.78, 5) is 11.8. The SMILES string of the molecule is CC(C)Oc1nc(N)nc(-c2ccc(Cl)cc2F)n1. The van der Waals surface area contributed by atoms with Crippen LogP contribution in [0.4, 0.5) is 10.3 Å². The third-order valence-electron chi connectivity index (χ3n) is 2.15. The van der Waals surface area contributed by atoms with Gasteiger partial charge in [-0.15, -0.1) is 0 Å². The summed E-state index contributed by atoms with van der Waals surface area (Å²) < 4.78 is 19.1. The molecule has 0 atom stereocenters. The molecule has 2 N–H and O–H groups in total. The van der Waals surface area contributed by atoms with Crippen LogP contribution >= 0.6 is 11.6 Å². The Hall–Kier alpha value is -1.95. The van der Waals surface area contributed by atoms with Crippen molar-refractivity contribution in [2.75, 3.05) is 5.73 Å². The maximum Gasteiger partial charge on any atom is 0.322 e. The van der Waals surface area contributed by atoms with Gasteiger partial charge in [0.15, 0.2) is 5.82 Å². The lowest BCUT2D eigenvalue weighted by Gasteiger charge is -2.09. The first-order valence-corrected chi connectivity index (χ1v) is 5.97. The Morgan fingerprint density at radius 2 is 2.00 bits per heavy atom. The Labute approximate surface area is 114 Å². The van der Waals surface area contributed by atoms with Gasteiger partial charge in [0.25, 0.3) is 0 Å². The monoisotopic (exact) mass is 282 g/mol. The van der Waals surface area contributed by atoms with E-state index in [2.05, 4.69) is 15.0 Å². The van der Waals surface area contributed by atoms with Crippen molar-refractivity contribution in [1.29, 1.82) is 0 Å². The zero-order chi connectivity index (χ0) is 14.0. The Morgan fingerprint density at radius 3 is 2.63 bits per heavy atom. The Bertz CT molecular complexity index is 606. The Balaban J connectivity index is 2.46. The molecule has 19 heavy (non-hydrogen) atoms. The molecule has 100 valence electrons. The second-order valence-corrected chi connectivity index (χ2v) is 4.53. The van der Waals surface area contributed by atoms with Crippen molar-refractivity contribution in [1.82, 2.24) is 15.0 Å². The standard InChI is InChI=1S/C12H12ClFN4O/c1-6(2)19-12-17-10(16-11(15)18-12)8-4-3-7(13)5-9(8)14/h3-6H,1-2H3,(H2,15,16,17,18). The molecule has 0 spiro atoms. The van der Waals surface area contributed by atoms with Gasteiger partial charge in [-0.1, -0.05) is 11.6 Å². The van der Waals surface area contributed by atoms with Crippen LogP contribution in [0.25, 0.3) is 11.4 Å². The van der Waals surface area contributed by atoms with E-state index >= 15 is 0 Å². The molecular weight excluding hydrogens is 271 g/mol. The van der Waals surface area contributed by atoms with E-state index in [0.29, 0.717) is 5.02 Å². The van der Waals surface area contributed by atoms with E-state index in [4.69, 9.17) is 22.1 Å². The average Bonchev–Trinajstić information content (AvgIpc) is 2.26. The summed E-state index contributed by atoms with van der Waals surface area (Å²) >= 11 is 5.69. The molecule has 0 unspecified atom stereocenters. The number of aromatic nitrogens is 3. The highest BCUT2D eigenvalue weighted by Crippen LogP contribution is 2.24. The second kappa shape index (κ2) is 5.36. The summed E-state index contributed by atoms with van der Waals surface area (Å²) in [6.45, 7) is 3.64. The predicted molar refractivity (Wildman–Crippen MR) is 70.4 cm³/mol. The number of nitrogens with two attached hydrogens (primary N) is 1. The average molecular weight is 283 g/mol. The van der Waals surface area contributed by atoms with E-state index in [1.807, 2.05) is 13.8 Å². The lowest BCUT2D eigenvalue weighted by Crippen LogP contribution is -2.11. The molecule has 0 saturated carbocycles. The van der Waals surface area contributed by atoms with Crippen LogP contribution in [0.1, 0.15) is 13.8 Å². The van der Waals surface area contributed by atoms with Gasteiger partial charge >= 0.3 is 6.01 Å². The van der Waals surface area contributed by atoms with Crippen LogP contribution in [0.2, 0.25) is 5.02 Å². The summed E-state index contributed by atoms with van der Waals surface area (Å²) in [7, 11) is 0. The zero-order valence-corrected chi connectivity index (χ0v) is 11.1. The molecular formula is C12H12ClFN4O. The van der Waals surface area contributed by atoms with Gasteiger partial charge in [0.1, 0.15) is 5.82 Å². The molecule has 2 rings (SSSR count). The highest BCUT2D eigenvalue weighted by atomic mass is 35.5. The quantitative estimate of drug-likeness (QED) is 0.937. The van der Waals surface area contributed by atoms with Crippen molar-refractivity contribution in [3.05, 3.63) is 29.0 Å². The van der Waals surface area contributed by atoms with Crippen LogP contribution in [0.15, 0.2) is 18.2 Å². The van der Waals surface area contributed by atoms with Gasteiger partial charge in [0, 0.05) is 5.02 Å². The molecule has 1 heterocycles. The maximum absolute atomic E-state index is 13.8. The number of nitrogen functional groups attached to an aromatic ring is 1. The van der Waals surface area contributed by atoms with Gasteiger partial charge in [-0.2, -0.15) is 15.0 Å². The van der Waals surface area contributed by atoms with Crippen LogP contribution in [0.5, 0.6) is 6.01 Å². The van der Waals surface area contributed by atoms with Crippen molar-refractivity contribution in [3.8, 4) is 17.4 Å². The number of rotatable bonds is 3. The van der Waals surface area contributed by atoms with Crippen molar-refractivity contribution in [3.63, 3.8) is 0 Å². The van der Waals surface area contributed by atoms with Crippen LogP contribution in [0.3, 0.4) is 0 Å². The number of nitrogens with zero attached hydrogens (tertiary/aromatic N) is 3. The molecule has 5 nitrogen and oxygen atoms in total. The fraction of sp³-hybridized carbons (Fsp3) is 0.250. The molecule has 0 saturated heterocycles. The summed E-state index contributed by atoms with van der Waals surface area (Å²) in [6, 6.07) is 4.26. The highest BCUT2D eigenvalue weighted by molar-refractivity contribution is 6.30. The normalized spacial score (nSPS) is 10.8. The fourth-order valence-electron chi connectivity index (χ4n) is 1.43. The predicted octanol–water partition coefficient (Wildman–Crippen LogP) is 2.70. The van der Waals surface area contributed by atoms with E-state index in [9.17, 15) is 4.39 Å². The van der Waals surface area contributed by atoms with Crippen molar-refractivity contribution >= 4 is 17.5 Å². The number of ether oxygens (including phenoxy) is 1. The van der Waals surface area contributed by atoms with Crippen molar-refractivity contribution in [2.45, 2.75) is 20.0 Å². The summed E-state index contributed by atoms with van der Waals surface area (Å²) in [6.07, 6.45) is -0.121. The van der Waals surface area contributed by atoms with Crippen LogP contribution in [-0.4, -0.2) is 21.1 Å². The molecule has 0 amide bonds. The molecule has 1 aromatic heterocycles. The minimum atomic E-state index is -0.534. The molecule has 0 fully saturated rings. The molecule has 0 aliphatic carbocycles.